The predicted octanol–water partition coefficient (Wildman–Crippen LogP) is 2.77. The molecule has 0 radical (unpaired) electrons. The van der Waals surface area contributed by atoms with Gasteiger partial charge >= 0.3 is 0 Å². The summed E-state index contributed by atoms with van der Waals surface area (Å²) in [6.07, 6.45) is 1.04. The topological polar surface area (TPSA) is 41.1 Å². The van der Waals surface area contributed by atoms with Gasteiger partial charge in [-0.25, -0.2) is 0 Å². The summed E-state index contributed by atoms with van der Waals surface area (Å²) in [6, 6.07) is 8.63. The van der Waals surface area contributed by atoms with Crippen molar-refractivity contribution in [3.8, 4) is 0 Å². The van der Waals surface area contributed by atoms with Crippen LogP contribution in [0.3, 0.4) is 0 Å². The van der Waals surface area contributed by atoms with E-state index in [0.717, 1.165) is 24.5 Å². The van der Waals surface area contributed by atoms with Crippen LogP contribution >= 0.6 is 11.8 Å². The predicted molar refractivity (Wildman–Crippen MR) is 90.7 cm³/mol. The smallest absolute Gasteiger partial charge is 0.238 e. The molecule has 0 aliphatic carbocycles. The molecule has 0 bridgehead atoms. The summed E-state index contributed by atoms with van der Waals surface area (Å²) in [4.78, 5) is 12.4. The number of carbonyl (C=O) groups excluding carboxylic acids is 1. The summed E-state index contributed by atoms with van der Waals surface area (Å²) in [6.45, 7) is 7.38. The van der Waals surface area contributed by atoms with Crippen LogP contribution in [0.5, 0.6) is 0 Å². The summed E-state index contributed by atoms with van der Waals surface area (Å²) in [5.74, 6) is 2.46. The minimum atomic E-state index is -0.0556. The molecule has 4 heteroatoms. The number of hydrogen-bond acceptors (Lipinski definition) is 3. The highest BCUT2D eigenvalue weighted by atomic mass is 32.2. The van der Waals surface area contributed by atoms with E-state index in [1.165, 1.54) is 11.1 Å². The fraction of sp³-hybridized carbons (Fsp3) is 0.588. The number of benzene rings is 1. The van der Waals surface area contributed by atoms with Gasteiger partial charge in [-0.2, -0.15) is 11.8 Å². The van der Waals surface area contributed by atoms with Crippen molar-refractivity contribution < 1.29 is 4.79 Å². The third-order valence-electron chi connectivity index (χ3n) is 3.95. The minimum Gasteiger partial charge on any atom is -0.348 e. The molecular weight excluding hydrogens is 280 g/mol. The van der Waals surface area contributed by atoms with Gasteiger partial charge in [0.05, 0.1) is 12.1 Å². The molecule has 1 fully saturated rings. The van der Waals surface area contributed by atoms with Gasteiger partial charge in [0.1, 0.15) is 0 Å². The second-order valence-electron chi connectivity index (χ2n) is 5.91. The van der Waals surface area contributed by atoms with Gasteiger partial charge in [0.25, 0.3) is 0 Å². The van der Waals surface area contributed by atoms with Gasteiger partial charge in [0.15, 0.2) is 0 Å². The van der Waals surface area contributed by atoms with Crippen LogP contribution in [0.4, 0.5) is 0 Å². The summed E-state index contributed by atoms with van der Waals surface area (Å²) in [5.41, 5.74) is 2.52. The molecule has 0 spiro atoms. The molecule has 2 rings (SSSR count). The van der Waals surface area contributed by atoms with Crippen molar-refractivity contribution in [1.82, 2.24) is 10.6 Å². The van der Waals surface area contributed by atoms with Crippen LogP contribution < -0.4 is 10.6 Å². The zero-order valence-corrected chi connectivity index (χ0v) is 14.0. The van der Waals surface area contributed by atoms with Gasteiger partial charge in [-0.05, 0) is 23.5 Å². The van der Waals surface area contributed by atoms with Gasteiger partial charge in [0, 0.05) is 18.1 Å². The Kier molecular flexibility index (Phi) is 6.12. The Morgan fingerprint density at radius 1 is 1.38 bits per heavy atom. The lowest BCUT2D eigenvalue weighted by Crippen LogP contribution is -2.50. The third-order valence-corrected chi connectivity index (χ3v) is 5.01. The molecule has 2 atom stereocenters. The Labute approximate surface area is 132 Å². The monoisotopic (exact) mass is 306 g/mol. The van der Waals surface area contributed by atoms with E-state index in [1.807, 2.05) is 11.8 Å². The van der Waals surface area contributed by atoms with Crippen molar-refractivity contribution in [2.24, 2.45) is 5.92 Å². The Balaban J connectivity index is 2.05. The number of hydrogen-bond donors (Lipinski definition) is 2. The van der Waals surface area contributed by atoms with E-state index in [0.29, 0.717) is 5.92 Å². The van der Waals surface area contributed by atoms with Gasteiger partial charge in [-0.3, -0.25) is 4.79 Å². The van der Waals surface area contributed by atoms with Crippen molar-refractivity contribution in [2.75, 3.05) is 18.1 Å². The van der Waals surface area contributed by atoms with Crippen LogP contribution in [-0.4, -0.2) is 30.0 Å². The fourth-order valence-electron chi connectivity index (χ4n) is 2.58. The van der Waals surface area contributed by atoms with Crippen LogP contribution in [0, 0.1) is 5.92 Å². The van der Waals surface area contributed by atoms with E-state index >= 15 is 0 Å². The first kappa shape index (κ1) is 16.4. The molecule has 1 aliphatic rings. The highest BCUT2D eigenvalue weighted by Crippen LogP contribution is 2.23. The largest absolute Gasteiger partial charge is 0.348 e. The molecule has 0 aromatic heterocycles. The first-order chi connectivity index (χ1) is 10.1. The third kappa shape index (κ3) is 4.48. The van der Waals surface area contributed by atoms with Crippen molar-refractivity contribution in [3.63, 3.8) is 0 Å². The Bertz CT molecular complexity index is 452. The Morgan fingerprint density at radius 2 is 2.10 bits per heavy atom. The van der Waals surface area contributed by atoms with Crippen LogP contribution in [-0.2, 0) is 11.2 Å². The molecule has 21 heavy (non-hydrogen) atoms. The SMILES string of the molecule is CCc1ccc(C(NC(=O)C2CSCCN2)C(C)C)cc1. The standard InChI is InChI=1S/C17H26N2OS/c1-4-13-5-7-14(8-6-13)16(12(2)3)19-17(20)15-11-21-10-9-18-15/h5-8,12,15-16,18H,4,9-11H2,1-3H3,(H,19,20). The molecule has 2 unspecified atom stereocenters. The van der Waals surface area contributed by atoms with Crippen LogP contribution in [0.25, 0.3) is 0 Å². The molecule has 0 saturated carbocycles. The van der Waals surface area contributed by atoms with Crippen LogP contribution in [0.15, 0.2) is 24.3 Å². The second kappa shape index (κ2) is 7.85. The van der Waals surface area contributed by atoms with Gasteiger partial charge in [0.2, 0.25) is 5.91 Å². The summed E-state index contributed by atoms with van der Waals surface area (Å²) in [5, 5.41) is 6.53. The minimum absolute atomic E-state index is 0.0556. The molecule has 1 amide bonds. The van der Waals surface area contributed by atoms with Crippen molar-refractivity contribution in [3.05, 3.63) is 35.4 Å². The number of rotatable bonds is 5. The molecule has 1 heterocycles. The first-order valence-corrected chi connectivity index (χ1v) is 8.97. The van der Waals surface area contributed by atoms with E-state index in [2.05, 4.69) is 55.7 Å². The number of amides is 1. The molecule has 2 N–H and O–H groups in total. The number of aryl methyl sites for hydroxylation is 1. The summed E-state index contributed by atoms with van der Waals surface area (Å²) >= 11 is 1.84. The quantitative estimate of drug-likeness (QED) is 0.879. The van der Waals surface area contributed by atoms with Crippen molar-refractivity contribution in [1.29, 1.82) is 0 Å². The molecule has 3 nitrogen and oxygen atoms in total. The van der Waals surface area contributed by atoms with E-state index < -0.39 is 0 Å². The van der Waals surface area contributed by atoms with Crippen LogP contribution in [0.2, 0.25) is 0 Å². The maximum atomic E-state index is 12.4. The molecule has 1 aromatic carbocycles. The first-order valence-electron chi connectivity index (χ1n) is 7.82. The lowest BCUT2D eigenvalue weighted by Gasteiger charge is -2.28. The zero-order chi connectivity index (χ0) is 15.2. The van der Waals surface area contributed by atoms with E-state index in [9.17, 15) is 4.79 Å². The molecule has 116 valence electrons. The Hall–Kier alpha value is -1.00. The maximum Gasteiger partial charge on any atom is 0.238 e. The summed E-state index contributed by atoms with van der Waals surface area (Å²) < 4.78 is 0. The van der Waals surface area contributed by atoms with E-state index in [4.69, 9.17) is 0 Å². The molecular formula is C17H26N2OS. The fourth-order valence-corrected chi connectivity index (χ4v) is 3.52. The lowest BCUT2D eigenvalue weighted by atomic mass is 9.94. The number of thioether (sulfide) groups is 1. The van der Waals surface area contributed by atoms with Gasteiger partial charge in [-0.15, -0.1) is 0 Å². The van der Waals surface area contributed by atoms with E-state index in [-0.39, 0.29) is 18.0 Å². The van der Waals surface area contributed by atoms with Crippen LogP contribution in [0.1, 0.15) is 37.9 Å². The second-order valence-corrected chi connectivity index (χ2v) is 7.06. The normalized spacial score (nSPS) is 20.3. The van der Waals surface area contributed by atoms with E-state index in [1.54, 1.807) is 0 Å². The highest BCUT2D eigenvalue weighted by molar-refractivity contribution is 7.99. The number of nitrogens with one attached hydrogen (secondary N) is 2. The maximum absolute atomic E-state index is 12.4. The average molecular weight is 306 g/mol. The molecule has 1 aromatic rings. The number of carbonyl (C=O) groups is 1. The van der Waals surface area contributed by atoms with Gasteiger partial charge < -0.3 is 10.6 Å². The average Bonchev–Trinajstić information content (AvgIpc) is 2.53. The lowest BCUT2D eigenvalue weighted by molar-refractivity contribution is -0.123. The zero-order valence-electron chi connectivity index (χ0n) is 13.2. The Morgan fingerprint density at radius 3 is 2.62 bits per heavy atom. The van der Waals surface area contributed by atoms with Crippen molar-refractivity contribution in [2.45, 2.75) is 39.3 Å². The molecule has 1 saturated heterocycles. The van der Waals surface area contributed by atoms with Gasteiger partial charge in [-0.1, -0.05) is 45.0 Å². The summed E-state index contributed by atoms with van der Waals surface area (Å²) in [7, 11) is 0. The van der Waals surface area contributed by atoms with Crippen molar-refractivity contribution >= 4 is 17.7 Å². The highest BCUT2D eigenvalue weighted by Gasteiger charge is 2.25. The molecule has 1 aliphatic heterocycles.